The molecule has 1 aliphatic carbocycles. The van der Waals surface area contributed by atoms with Crippen LogP contribution in [-0.4, -0.2) is 15.0 Å². The fourth-order valence-corrected chi connectivity index (χ4v) is 4.75. The summed E-state index contributed by atoms with van der Waals surface area (Å²) in [5, 5.41) is 25.7. The molecule has 1 fully saturated rings. The highest BCUT2D eigenvalue weighted by Gasteiger charge is 2.62. The number of alkyl halides is 1. The van der Waals surface area contributed by atoms with Gasteiger partial charge in [0.25, 0.3) is 0 Å². The summed E-state index contributed by atoms with van der Waals surface area (Å²) in [6, 6.07) is 15.9. The summed E-state index contributed by atoms with van der Waals surface area (Å²) in [5.41, 5.74) is 4.34. The molecule has 1 heterocycles. The zero-order valence-corrected chi connectivity index (χ0v) is 19.6. The largest absolute Gasteiger partial charge is 0.507 e. The summed E-state index contributed by atoms with van der Waals surface area (Å²) in [6.07, 6.45) is 1.54. The molecule has 1 saturated carbocycles. The van der Waals surface area contributed by atoms with E-state index in [1.807, 2.05) is 25.1 Å². The summed E-state index contributed by atoms with van der Waals surface area (Å²) in [5.74, 6) is -0.555. The van der Waals surface area contributed by atoms with Crippen molar-refractivity contribution in [3.8, 4) is 11.8 Å². The number of rotatable bonds is 7. The molecule has 2 aromatic carbocycles. The first kappa shape index (κ1) is 23.3. The van der Waals surface area contributed by atoms with Crippen LogP contribution in [0.25, 0.3) is 5.70 Å². The standard InChI is InChI=1S/C27H24ClFN4O/c1-15-10-22(29)26(31-14-15)33-16(2)21-12-20(8-9-23(21)34)32-17(3)24-25(27(24,4)28)19-7-5-6-18(11-19)13-30/h5-12,14,24-25,32,34H,2-3H2,1,4H3,(H,31,33). The van der Waals surface area contributed by atoms with Crippen molar-refractivity contribution in [3.05, 3.63) is 102 Å². The molecule has 172 valence electrons. The second-order valence-corrected chi connectivity index (χ2v) is 9.49. The van der Waals surface area contributed by atoms with Gasteiger partial charge in [0, 0.05) is 40.7 Å². The summed E-state index contributed by atoms with van der Waals surface area (Å²) < 4.78 is 14.2. The Hall–Kier alpha value is -3.82. The van der Waals surface area contributed by atoms with Gasteiger partial charge < -0.3 is 15.7 Å². The Morgan fingerprint density at radius 3 is 2.68 bits per heavy atom. The van der Waals surface area contributed by atoms with Crippen molar-refractivity contribution in [3.63, 3.8) is 0 Å². The van der Waals surface area contributed by atoms with Crippen molar-refractivity contribution in [2.75, 3.05) is 10.6 Å². The number of anilines is 2. The minimum atomic E-state index is -0.544. The van der Waals surface area contributed by atoms with Crippen LogP contribution in [-0.2, 0) is 0 Å². The van der Waals surface area contributed by atoms with Crippen LogP contribution in [0.15, 0.2) is 73.6 Å². The number of pyridine rings is 1. The number of allylic oxidation sites excluding steroid dienone is 1. The molecular formula is C27H24ClFN4O. The van der Waals surface area contributed by atoms with Crippen LogP contribution < -0.4 is 10.6 Å². The molecule has 1 aromatic heterocycles. The van der Waals surface area contributed by atoms with Crippen LogP contribution in [0.2, 0.25) is 0 Å². The van der Waals surface area contributed by atoms with E-state index in [1.54, 1.807) is 31.3 Å². The maximum absolute atomic E-state index is 14.2. The SMILES string of the molecule is C=C(Nc1ncc(C)cc1F)c1cc(NC(=C)C2C(c3cccc(C#N)c3)C2(C)Cl)ccc1O. The van der Waals surface area contributed by atoms with Crippen LogP contribution in [0.4, 0.5) is 15.9 Å². The predicted molar refractivity (Wildman–Crippen MR) is 134 cm³/mol. The number of aromatic hydroxyl groups is 1. The highest BCUT2D eigenvalue weighted by Crippen LogP contribution is 2.64. The molecule has 34 heavy (non-hydrogen) atoms. The maximum Gasteiger partial charge on any atom is 0.166 e. The third kappa shape index (κ3) is 4.48. The number of hydrogen-bond acceptors (Lipinski definition) is 5. The Kier molecular flexibility index (Phi) is 6.07. The van der Waals surface area contributed by atoms with Gasteiger partial charge in [-0.3, -0.25) is 0 Å². The number of nitrogens with zero attached hydrogens (tertiary/aromatic N) is 2. The number of hydrogen-bond donors (Lipinski definition) is 3. The first-order chi connectivity index (χ1) is 16.1. The van der Waals surface area contributed by atoms with E-state index in [0.29, 0.717) is 33.8 Å². The van der Waals surface area contributed by atoms with E-state index >= 15 is 0 Å². The molecule has 1 aliphatic rings. The smallest absolute Gasteiger partial charge is 0.166 e. The van der Waals surface area contributed by atoms with E-state index < -0.39 is 10.7 Å². The lowest BCUT2D eigenvalue weighted by molar-refractivity contribution is 0.473. The second-order valence-electron chi connectivity index (χ2n) is 8.67. The van der Waals surface area contributed by atoms with Crippen molar-refractivity contribution in [1.82, 2.24) is 4.98 Å². The van der Waals surface area contributed by atoms with Crippen molar-refractivity contribution >= 4 is 28.8 Å². The van der Waals surface area contributed by atoms with Crippen LogP contribution in [0.3, 0.4) is 0 Å². The lowest BCUT2D eigenvalue weighted by atomic mass is 10.0. The quantitative estimate of drug-likeness (QED) is 0.268. The number of aryl methyl sites for hydroxylation is 1. The molecule has 0 radical (unpaired) electrons. The van der Waals surface area contributed by atoms with Gasteiger partial charge in [-0.15, -0.1) is 11.6 Å². The average Bonchev–Trinajstić information content (AvgIpc) is 3.39. The molecule has 0 amide bonds. The highest BCUT2D eigenvalue weighted by atomic mass is 35.5. The van der Waals surface area contributed by atoms with Gasteiger partial charge in [0.15, 0.2) is 11.6 Å². The lowest BCUT2D eigenvalue weighted by Gasteiger charge is -2.15. The fourth-order valence-electron chi connectivity index (χ4n) is 4.30. The minimum absolute atomic E-state index is 0.00581. The van der Waals surface area contributed by atoms with E-state index in [-0.39, 0.29) is 23.4 Å². The van der Waals surface area contributed by atoms with Gasteiger partial charge in [-0.25, -0.2) is 9.37 Å². The van der Waals surface area contributed by atoms with Crippen molar-refractivity contribution in [2.24, 2.45) is 5.92 Å². The van der Waals surface area contributed by atoms with Crippen molar-refractivity contribution in [1.29, 1.82) is 5.26 Å². The molecule has 5 nitrogen and oxygen atoms in total. The number of nitrogens with one attached hydrogen (secondary N) is 2. The zero-order chi connectivity index (χ0) is 24.6. The fraction of sp³-hybridized carbons (Fsp3) is 0.185. The molecule has 0 saturated heterocycles. The normalized spacial score (nSPS) is 20.8. The Bertz CT molecular complexity index is 1340. The Labute approximate surface area is 203 Å². The zero-order valence-electron chi connectivity index (χ0n) is 18.9. The minimum Gasteiger partial charge on any atom is -0.507 e. The summed E-state index contributed by atoms with van der Waals surface area (Å²) in [6.45, 7) is 11.8. The van der Waals surface area contributed by atoms with Gasteiger partial charge in [-0.05, 0) is 61.4 Å². The Morgan fingerprint density at radius 2 is 1.97 bits per heavy atom. The van der Waals surface area contributed by atoms with E-state index in [2.05, 4.69) is 34.8 Å². The van der Waals surface area contributed by atoms with E-state index in [9.17, 15) is 14.8 Å². The molecule has 3 unspecified atom stereocenters. The third-order valence-corrected chi connectivity index (χ3v) is 6.53. The molecule has 7 heteroatoms. The molecule has 0 spiro atoms. The maximum atomic E-state index is 14.2. The van der Waals surface area contributed by atoms with Gasteiger partial charge in [0.1, 0.15) is 5.75 Å². The number of halogens is 2. The van der Waals surface area contributed by atoms with Gasteiger partial charge in [0.2, 0.25) is 0 Å². The summed E-state index contributed by atoms with van der Waals surface area (Å²) >= 11 is 6.80. The highest BCUT2D eigenvalue weighted by molar-refractivity contribution is 6.27. The van der Waals surface area contributed by atoms with Crippen LogP contribution >= 0.6 is 11.6 Å². The molecule has 0 bridgehead atoms. The Morgan fingerprint density at radius 1 is 1.21 bits per heavy atom. The molecule has 4 rings (SSSR count). The molecule has 3 N–H and O–H groups in total. The molecule has 0 aliphatic heterocycles. The predicted octanol–water partition coefficient (Wildman–Crippen LogP) is 6.53. The number of phenols is 1. The van der Waals surface area contributed by atoms with Gasteiger partial charge >= 0.3 is 0 Å². The number of benzene rings is 2. The first-order valence-electron chi connectivity index (χ1n) is 10.7. The summed E-state index contributed by atoms with van der Waals surface area (Å²) in [7, 11) is 0. The topological polar surface area (TPSA) is 81.0 Å². The third-order valence-electron chi connectivity index (χ3n) is 6.06. The average molecular weight is 475 g/mol. The lowest BCUT2D eigenvalue weighted by Crippen LogP contribution is -2.06. The van der Waals surface area contributed by atoms with Gasteiger partial charge in [0.05, 0.1) is 16.5 Å². The molecular weight excluding hydrogens is 451 g/mol. The number of phenolic OH excluding ortho intramolecular Hbond substituents is 1. The second kappa shape index (κ2) is 8.85. The van der Waals surface area contributed by atoms with Crippen LogP contribution in [0.5, 0.6) is 5.75 Å². The van der Waals surface area contributed by atoms with E-state index in [1.165, 1.54) is 12.1 Å². The first-order valence-corrected chi connectivity index (χ1v) is 11.1. The van der Waals surface area contributed by atoms with Crippen molar-refractivity contribution in [2.45, 2.75) is 24.6 Å². The Balaban J connectivity index is 1.51. The molecule has 3 atom stereocenters. The van der Waals surface area contributed by atoms with Crippen LogP contribution in [0, 0.1) is 30.0 Å². The van der Waals surface area contributed by atoms with E-state index in [0.717, 1.165) is 5.56 Å². The van der Waals surface area contributed by atoms with Gasteiger partial charge in [-0.2, -0.15) is 5.26 Å². The number of aromatic nitrogens is 1. The molecule has 3 aromatic rings. The van der Waals surface area contributed by atoms with E-state index in [4.69, 9.17) is 11.6 Å². The monoisotopic (exact) mass is 474 g/mol. The summed E-state index contributed by atoms with van der Waals surface area (Å²) in [4.78, 5) is 3.50. The van der Waals surface area contributed by atoms with Crippen molar-refractivity contribution < 1.29 is 9.50 Å². The van der Waals surface area contributed by atoms with Gasteiger partial charge in [-0.1, -0.05) is 25.3 Å². The van der Waals surface area contributed by atoms with Crippen LogP contribution in [0.1, 0.15) is 35.1 Å². The number of nitriles is 1.